The normalized spacial score (nSPS) is 11.5. The Morgan fingerprint density at radius 1 is 0.955 bits per heavy atom. The highest BCUT2D eigenvalue weighted by Gasteiger charge is 2.15. The zero-order valence-corrected chi connectivity index (χ0v) is 12.4. The van der Waals surface area contributed by atoms with Crippen molar-refractivity contribution in [1.29, 1.82) is 0 Å². The largest absolute Gasteiger partial charge is 0.285 e. The Labute approximate surface area is 128 Å². The second-order valence-electron chi connectivity index (χ2n) is 4.59. The third-order valence-corrected chi connectivity index (χ3v) is 4.54. The summed E-state index contributed by atoms with van der Waals surface area (Å²) in [6.07, 6.45) is 1.56. The van der Waals surface area contributed by atoms with Gasteiger partial charge in [0.15, 0.2) is 5.82 Å². The van der Waals surface area contributed by atoms with Crippen LogP contribution < -0.4 is 4.72 Å². The molecule has 0 aliphatic carbocycles. The molecule has 1 N–H and O–H groups in total. The molecule has 0 saturated heterocycles. The summed E-state index contributed by atoms with van der Waals surface area (Å²) in [5, 5.41) is 7.83. The molecule has 0 bridgehead atoms. The quantitative estimate of drug-likeness (QED) is 0.778. The van der Waals surface area contributed by atoms with Gasteiger partial charge in [-0.05, 0) is 24.3 Å². The van der Waals surface area contributed by atoms with Crippen LogP contribution >= 0.6 is 0 Å². The molecular formula is C15H14N4O2S. The predicted octanol–water partition coefficient (Wildman–Crippen LogP) is 1.75. The summed E-state index contributed by atoms with van der Waals surface area (Å²) in [4.78, 5) is 0.223. The smallest absolute Gasteiger partial charge is 0.240 e. The van der Waals surface area contributed by atoms with Crippen molar-refractivity contribution in [2.75, 3.05) is 0 Å². The molecule has 0 spiro atoms. The number of para-hydroxylation sites is 1. The van der Waals surface area contributed by atoms with Crippen molar-refractivity contribution >= 4 is 10.0 Å². The standard InChI is InChI=1S/C15H14N4O2S/c20-22(21,14-9-5-2-6-10-14)17-11-15-18-16-12-19(15)13-7-3-1-4-8-13/h1-10,12,17H,11H2. The summed E-state index contributed by atoms with van der Waals surface area (Å²) < 4.78 is 28.7. The van der Waals surface area contributed by atoms with Crippen LogP contribution in [0.5, 0.6) is 0 Å². The number of nitrogens with one attached hydrogen (secondary N) is 1. The first-order valence-corrected chi connectivity index (χ1v) is 8.14. The number of hydrogen-bond donors (Lipinski definition) is 1. The van der Waals surface area contributed by atoms with Gasteiger partial charge in [0.05, 0.1) is 11.4 Å². The van der Waals surface area contributed by atoms with Crippen LogP contribution in [0.1, 0.15) is 5.82 Å². The topological polar surface area (TPSA) is 76.9 Å². The Morgan fingerprint density at radius 2 is 1.59 bits per heavy atom. The fourth-order valence-corrected chi connectivity index (χ4v) is 3.03. The van der Waals surface area contributed by atoms with E-state index in [-0.39, 0.29) is 11.4 Å². The van der Waals surface area contributed by atoms with E-state index in [0.717, 1.165) is 5.69 Å². The molecule has 7 heteroatoms. The van der Waals surface area contributed by atoms with Gasteiger partial charge in [-0.25, -0.2) is 13.1 Å². The summed E-state index contributed by atoms with van der Waals surface area (Å²) in [6, 6.07) is 17.7. The first-order valence-electron chi connectivity index (χ1n) is 6.66. The van der Waals surface area contributed by atoms with Crippen LogP contribution in [0.4, 0.5) is 0 Å². The average molecular weight is 314 g/mol. The van der Waals surface area contributed by atoms with Crippen molar-refractivity contribution < 1.29 is 8.42 Å². The fourth-order valence-electron chi connectivity index (χ4n) is 2.03. The maximum absolute atomic E-state index is 12.2. The minimum atomic E-state index is -3.57. The second-order valence-corrected chi connectivity index (χ2v) is 6.36. The van der Waals surface area contributed by atoms with E-state index in [1.54, 1.807) is 41.2 Å². The van der Waals surface area contributed by atoms with Crippen LogP contribution in [-0.4, -0.2) is 23.2 Å². The molecule has 0 amide bonds. The first-order chi connectivity index (χ1) is 10.7. The minimum Gasteiger partial charge on any atom is -0.285 e. The summed E-state index contributed by atoms with van der Waals surface area (Å²) >= 11 is 0. The number of hydrogen-bond acceptors (Lipinski definition) is 4. The molecule has 0 aliphatic heterocycles. The van der Waals surface area contributed by atoms with Crippen LogP contribution in [0.15, 0.2) is 71.9 Å². The van der Waals surface area contributed by atoms with Crippen LogP contribution in [0.3, 0.4) is 0 Å². The number of sulfonamides is 1. The first kappa shape index (κ1) is 14.4. The lowest BCUT2D eigenvalue weighted by molar-refractivity contribution is 0.578. The third-order valence-electron chi connectivity index (χ3n) is 3.13. The van der Waals surface area contributed by atoms with Gasteiger partial charge in [0.25, 0.3) is 0 Å². The van der Waals surface area contributed by atoms with Gasteiger partial charge >= 0.3 is 0 Å². The lowest BCUT2D eigenvalue weighted by Gasteiger charge is -2.08. The average Bonchev–Trinajstić information content (AvgIpc) is 3.03. The van der Waals surface area contributed by atoms with E-state index in [1.807, 2.05) is 30.3 Å². The van der Waals surface area contributed by atoms with Crippen LogP contribution in [0, 0.1) is 0 Å². The third kappa shape index (κ3) is 3.05. The molecule has 0 radical (unpaired) electrons. The van der Waals surface area contributed by atoms with Crippen molar-refractivity contribution in [3.8, 4) is 5.69 Å². The highest BCUT2D eigenvalue weighted by molar-refractivity contribution is 7.89. The molecule has 22 heavy (non-hydrogen) atoms. The molecule has 3 aromatic rings. The summed E-state index contributed by atoms with van der Waals surface area (Å²) in [5.74, 6) is 0.519. The Morgan fingerprint density at radius 3 is 2.27 bits per heavy atom. The van der Waals surface area contributed by atoms with Gasteiger partial charge in [0, 0.05) is 5.69 Å². The summed E-state index contributed by atoms with van der Waals surface area (Å²) in [7, 11) is -3.57. The zero-order chi connectivity index (χ0) is 15.4. The predicted molar refractivity (Wildman–Crippen MR) is 81.8 cm³/mol. The molecule has 0 unspecified atom stereocenters. The van der Waals surface area contributed by atoms with Gasteiger partial charge in [-0.1, -0.05) is 36.4 Å². The maximum atomic E-state index is 12.2. The monoisotopic (exact) mass is 314 g/mol. The van der Waals surface area contributed by atoms with E-state index < -0.39 is 10.0 Å². The molecule has 2 aromatic carbocycles. The van der Waals surface area contributed by atoms with Gasteiger partial charge in [-0.15, -0.1) is 10.2 Å². The molecule has 0 saturated carbocycles. The van der Waals surface area contributed by atoms with Crippen molar-refractivity contribution in [1.82, 2.24) is 19.5 Å². The van der Waals surface area contributed by atoms with Gasteiger partial charge in [0.1, 0.15) is 6.33 Å². The van der Waals surface area contributed by atoms with E-state index in [1.165, 1.54) is 0 Å². The van der Waals surface area contributed by atoms with E-state index >= 15 is 0 Å². The molecule has 112 valence electrons. The molecular weight excluding hydrogens is 300 g/mol. The Bertz CT molecular complexity index is 846. The highest BCUT2D eigenvalue weighted by atomic mass is 32.2. The van der Waals surface area contributed by atoms with Crippen LogP contribution in [0.25, 0.3) is 5.69 Å². The van der Waals surface area contributed by atoms with Crippen molar-refractivity contribution in [3.63, 3.8) is 0 Å². The summed E-state index contributed by atoms with van der Waals surface area (Å²) in [6.45, 7) is 0.0616. The second kappa shape index (κ2) is 6.08. The zero-order valence-electron chi connectivity index (χ0n) is 11.6. The van der Waals surface area contributed by atoms with Crippen LogP contribution in [0.2, 0.25) is 0 Å². The molecule has 6 nitrogen and oxygen atoms in total. The van der Waals surface area contributed by atoms with Crippen molar-refractivity contribution in [2.24, 2.45) is 0 Å². The number of rotatable bonds is 5. The minimum absolute atomic E-state index is 0.0616. The Kier molecular flexibility index (Phi) is 3.99. The van der Waals surface area contributed by atoms with Gasteiger partial charge < -0.3 is 0 Å². The molecule has 1 aromatic heterocycles. The molecule has 0 aliphatic rings. The number of benzene rings is 2. The Hall–Kier alpha value is -2.51. The molecule has 3 rings (SSSR count). The molecule has 1 heterocycles. The van der Waals surface area contributed by atoms with Gasteiger partial charge in [-0.2, -0.15) is 0 Å². The molecule has 0 fully saturated rings. The maximum Gasteiger partial charge on any atom is 0.240 e. The molecule has 0 atom stereocenters. The lowest BCUT2D eigenvalue weighted by atomic mass is 10.3. The number of aromatic nitrogens is 3. The van der Waals surface area contributed by atoms with E-state index in [0.29, 0.717) is 5.82 Å². The van der Waals surface area contributed by atoms with Crippen LogP contribution in [-0.2, 0) is 16.6 Å². The highest BCUT2D eigenvalue weighted by Crippen LogP contribution is 2.11. The van der Waals surface area contributed by atoms with Crippen molar-refractivity contribution in [3.05, 3.63) is 72.8 Å². The SMILES string of the molecule is O=S(=O)(NCc1nncn1-c1ccccc1)c1ccccc1. The number of nitrogens with zero attached hydrogens (tertiary/aromatic N) is 3. The summed E-state index contributed by atoms with van der Waals surface area (Å²) in [5.41, 5.74) is 0.876. The van der Waals surface area contributed by atoms with E-state index in [4.69, 9.17) is 0 Å². The van der Waals surface area contributed by atoms with Gasteiger partial charge in [0.2, 0.25) is 10.0 Å². The van der Waals surface area contributed by atoms with Crippen molar-refractivity contribution in [2.45, 2.75) is 11.4 Å². The van der Waals surface area contributed by atoms with Gasteiger partial charge in [-0.3, -0.25) is 4.57 Å². The fraction of sp³-hybridized carbons (Fsp3) is 0.0667. The van der Waals surface area contributed by atoms with E-state index in [9.17, 15) is 8.42 Å². The lowest BCUT2D eigenvalue weighted by Crippen LogP contribution is -2.24. The van der Waals surface area contributed by atoms with E-state index in [2.05, 4.69) is 14.9 Å². The Balaban J connectivity index is 1.80.